The van der Waals surface area contributed by atoms with Gasteiger partial charge in [-0.3, -0.25) is 9.59 Å². The Kier molecular flexibility index (Phi) is 33.3. The van der Waals surface area contributed by atoms with E-state index in [2.05, 4.69) is 6.92 Å². The Balaban J connectivity index is 1.83. The van der Waals surface area contributed by atoms with Gasteiger partial charge in [-0.2, -0.15) is 0 Å². The third-order valence-corrected chi connectivity index (χ3v) is 17.0. The van der Waals surface area contributed by atoms with E-state index in [0.29, 0.717) is 18.4 Å². The van der Waals surface area contributed by atoms with Gasteiger partial charge in [-0.15, -0.1) is 0 Å². The molecule has 20 N–H and O–H groups in total. The number of ether oxygens (including phenoxy) is 1. The molecule has 0 spiro atoms. The van der Waals surface area contributed by atoms with E-state index in [1.165, 1.54) is 39.1 Å². The number of ketones is 1. The van der Waals surface area contributed by atoms with Crippen LogP contribution >= 0.6 is 0 Å². The van der Waals surface area contributed by atoms with Crippen molar-refractivity contribution in [3.8, 4) is 0 Å². The molecule has 82 heavy (non-hydrogen) atoms. The largest absolute Gasteiger partial charge is 0.507 e. The zero-order valence-electron chi connectivity index (χ0n) is 49.5. The lowest BCUT2D eigenvalue weighted by Crippen LogP contribution is -2.65. The Hall–Kier alpha value is -2.38. The quantitative estimate of drug-likeness (QED) is 0.0145. The summed E-state index contributed by atoms with van der Waals surface area (Å²) in [6.07, 6.45) is -25.5. The van der Waals surface area contributed by atoms with Gasteiger partial charge >= 0.3 is 0 Å². The van der Waals surface area contributed by atoms with Crippen molar-refractivity contribution < 1.29 is 116 Å². The minimum absolute atomic E-state index is 0.120. The summed E-state index contributed by atoms with van der Waals surface area (Å²) in [6, 6.07) is 0. The standard InChI is InChI=1S/C58H107NO23/c1-9-10-11-12-13-14-15-16-17-35(60)27-58(81)56(79)55(78)53(76)46(82-58)26-44(69)52(75)54(77)51(74)43(68)24-38(63)22-36(61)21-37(62)23-39(64)32(5)49(72)33(6)40(65)25-41(66)34(7)50(73)42(67)20-30(3)18-29(2)19-31(4)48(71)47-45(70)28-59(8)57(47)80/h19,29-30,32-44,46,49-56,60-69,71-79,81H,9-18,20-28H2,1-8H3/b31-19+,48-47-/t29?,30?,32?,33?,34?,35-,36?,37?,38?,39?,40?,41?,42?,43?,44?,46-,49?,50?,51?,52?,53-,54?,55+,56+,58+/m1/s1. The van der Waals surface area contributed by atoms with Crippen LogP contribution in [0.5, 0.6) is 0 Å². The molecule has 1 amide bonds. The molecular weight excluding hydrogens is 1080 g/mol. The highest BCUT2D eigenvalue weighted by Crippen LogP contribution is 2.36. The van der Waals surface area contributed by atoms with Gasteiger partial charge in [-0.25, -0.2) is 0 Å². The number of aliphatic hydroxyl groups is 20. The zero-order valence-corrected chi connectivity index (χ0v) is 49.5. The second-order valence-corrected chi connectivity index (χ2v) is 24.6. The summed E-state index contributed by atoms with van der Waals surface area (Å²) >= 11 is 0. The molecule has 0 aromatic rings. The number of rotatable bonds is 40. The highest BCUT2D eigenvalue weighted by atomic mass is 16.7. The first kappa shape index (κ1) is 75.7. The van der Waals surface area contributed by atoms with Gasteiger partial charge in [0.1, 0.15) is 48.0 Å². The predicted molar refractivity (Wildman–Crippen MR) is 299 cm³/mol. The van der Waals surface area contributed by atoms with Gasteiger partial charge in [0, 0.05) is 44.1 Å². The van der Waals surface area contributed by atoms with Gasteiger partial charge in [0.2, 0.25) is 0 Å². The van der Waals surface area contributed by atoms with Gasteiger partial charge in [-0.1, -0.05) is 99.0 Å². The number of likely N-dealkylation sites (N-methyl/N-ethyl adjacent to an activating group) is 1. The molecule has 0 aliphatic carbocycles. The van der Waals surface area contributed by atoms with Crippen molar-refractivity contribution in [3.63, 3.8) is 0 Å². The number of aliphatic hydroxyl groups excluding tert-OH is 19. The van der Waals surface area contributed by atoms with E-state index >= 15 is 0 Å². The van der Waals surface area contributed by atoms with E-state index in [9.17, 15) is 112 Å². The molecule has 0 radical (unpaired) electrons. The van der Waals surface area contributed by atoms with Gasteiger partial charge in [-0.05, 0) is 69.3 Å². The lowest BCUT2D eigenvalue weighted by molar-refractivity contribution is -0.356. The summed E-state index contributed by atoms with van der Waals surface area (Å²) in [5, 5.41) is 216. The van der Waals surface area contributed by atoms with E-state index in [1.54, 1.807) is 13.0 Å². The number of allylic oxidation sites excluding steroid dienone is 2. The molecule has 19 unspecified atom stereocenters. The van der Waals surface area contributed by atoms with Gasteiger partial charge in [0.05, 0.1) is 85.9 Å². The molecule has 25 atom stereocenters. The molecule has 0 bridgehead atoms. The van der Waals surface area contributed by atoms with Crippen LogP contribution < -0.4 is 0 Å². The van der Waals surface area contributed by atoms with Crippen molar-refractivity contribution in [2.24, 2.45) is 29.6 Å². The third kappa shape index (κ3) is 23.4. The molecule has 2 rings (SSSR count). The summed E-state index contributed by atoms with van der Waals surface area (Å²) < 4.78 is 5.50. The van der Waals surface area contributed by atoms with E-state index in [4.69, 9.17) is 4.74 Å². The number of unbranched alkanes of at least 4 members (excludes halogenated alkanes) is 7. The highest BCUT2D eigenvalue weighted by Gasteiger charge is 2.54. The molecule has 2 aliphatic rings. The summed E-state index contributed by atoms with van der Waals surface area (Å²) in [6.45, 7) is 11.7. The summed E-state index contributed by atoms with van der Waals surface area (Å²) in [5.41, 5.74) is 0.0812. The van der Waals surface area contributed by atoms with Crippen molar-refractivity contribution in [1.82, 2.24) is 4.90 Å². The van der Waals surface area contributed by atoms with Gasteiger partial charge < -0.3 is 112 Å². The monoisotopic (exact) mass is 1190 g/mol. The maximum absolute atomic E-state index is 12.3. The Labute approximate surface area is 483 Å². The number of Topliss-reactive ketones (excluding diaryl/α,β-unsaturated/α-hetero) is 1. The molecule has 2 saturated heterocycles. The van der Waals surface area contributed by atoms with Crippen LogP contribution in [0.4, 0.5) is 0 Å². The molecule has 0 saturated carbocycles. The SMILES string of the molecule is CCCCCCCCCC[C@@H](O)C[C@]1(O)O[C@H](CC(O)C(O)C(O)C(O)C(O)CC(O)CC(O)CC(O)CC(O)C(C)C(O)C(C)C(O)CC(O)C(C)C(O)C(O)CC(C)CC(C)/C=C(C)/C(O)=C2\C(=O)CN(C)C2=O)[C@@H](O)[C@H](O)[C@@H]1O. The zero-order chi connectivity index (χ0) is 62.7. The maximum Gasteiger partial charge on any atom is 0.261 e. The van der Waals surface area contributed by atoms with Gasteiger partial charge in [0.25, 0.3) is 5.91 Å². The van der Waals surface area contributed by atoms with Crippen LogP contribution in [0.15, 0.2) is 23.0 Å². The molecule has 0 aromatic heterocycles. The first-order valence-corrected chi connectivity index (χ1v) is 29.7. The molecule has 482 valence electrons. The minimum atomic E-state index is -2.59. The van der Waals surface area contributed by atoms with Crippen molar-refractivity contribution >= 4 is 11.7 Å². The molecule has 24 heteroatoms. The predicted octanol–water partition coefficient (Wildman–Crippen LogP) is -1.41. The number of likely N-dealkylation sites (tertiary alicyclic amines) is 1. The fourth-order valence-corrected chi connectivity index (χ4v) is 11.4. The average Bonchev–Trinajstić information content (AvgIpc) is 3.84. The summed E-state index contributed by atoms with van der Waals surface area (Å²) in [4.78, 5) is 25.8. The van der Waals surface area contributed by atoms with Crippen LogP contribution in [-0.2, 0) is 14.3 Å². The Morgan fingerprint density at radius 3 is 1.56 bits per heavy atom. The van der Waals surface area contributed by atoms with Crippen LogP contribution in [0, 0.1) is 29.6 Å². The van der Waals surface area contributed by atoms with E-state index in [-0.39, 0.29) is 55.4 Å². The second kappa shape index (κ2) is 36.1. The van der Waals surface area contributed by atoms with Crippen molar-refractivity contribution in [1.29, 1.82) is 0 Å². The fourth-order valence-electron chi connectivity index (χ4n) is 11.4. The first-order chi connectivity index (χ1) is 38.1. The molecule has 2 heterocycles. The molecule has 0 aromatic carbocycles. The molecule has 2 fully saturated rings. The smallest absolute Gasteiger partial charge is 0.261 e. The molecule has 2 aliphatic heterocycles. The Morgan fingerprint density at radius 2 is 1.04 bits per heavy atom. The van der Waals surface area contributed by atoms with E-state index in [1.807, 2.05) is 13.8 Å². The number of amides is 1. The fraction of sp³-hybridized carbons (Fsp3) is 0.897. The Morgan fingerprint density at radius 1 is 0.573 bits per heavy atom. The van der Waals surface area contributed by atoms with Gasteiger partial charge in [0.15, 0.2) is 11.6 Å². The summed E-state index contributed by atoms with van der Waals surface area (Å²) in [7, 11) is 1.46. The number of hydrogen-bond acceptors (Lipinski definition) is 23. The van der Waals surface area contributed by atoms with Crippen LogP contribution in [0.25, 0.3) is 0 Å². The van der Waals surface area contributed by atoms with Crippen LogP contribution in [-0.4, -0.2) is 254 Å². The van der Waals surface area contributed by atoms with Crippen LogP contribution in [0.2, 0.25) is 0 Å². The molecular formula is C58H107NO23. The number of hydrogen-bond donors (Lipinski definition) is 20. The first-order valence-electron chi connectivity index (χ1n) is 29.7. The summed E-state index contributed by atoms with van der Waals surface area (Å²) in [5.74, 6) is -7.23. The topological polar surface area (TPSA) is 451 Å². The minimum Gasteiger partial charge on any atom is -0.507 e. The average molecular weight is 1190 g/mol. The second-order valence-electron chi connectivity index (χ2n) is 24.6. The van der Waals surface area contributed by atoms with Crippen LogP contribution in [0.3, 0.4) is 0 Å². The lowest BCUT2D eigenvalue weighted by Gasteiger charge is -2.47. The third-order valence-electron chi connectivity index (χ3n) is 17.0. The van der Waals surface area contributed by atoms with Crippen LogP contribution in [0.1, 0.15) is 164 Å². The Bertz CT molecular complexity index is 1920. The van der Waals surface area contributed by atoms with Crippen molar-refractivity contribution in [2.45, 2.75) is 286 Å². The van der Waals surface area contributed by atoms with E-state index < -0.39 is 183 Å². The van der Waals surface area contributed by atoms with E-state index in [0.717, 1.165) is 38.5 Å². The lowest BCUT2D eigenvalue weighted by atomic mass is 9.80. The maximum atomic E-state index is 12.3. The number of nitrogens with zero attached hydrogens (tertiary/aromatic N) is 1. The number of carbonyl (C=O) groups is 2. The molecule has 24 nitrogen and oxygen atoms in total. The highest BCUT2D eigenvalue weighted by molar-refractivity contribution is 6.25. The normalized spacial score (nSPS) is 28.3. The van der Waals surface area contributed by atoms with Crippen molar-refractivity contribution in [3.05, 3.63) is 23.0 Å². The number of carbonyl (C=O) groups excluding carboxylic acids is 2. The van der Waals surface area contributed by atoms with Crippen molar-refractivity contribution in [2.75, 3.05) is 13.6 Å².